The summed E-state index contributed by atoms with van der Waals surface area (Å²) in [5.41, 5.74) is 0.159. The molecule has 23 heavy (non-hydrogen) atoms. The van der Waals surface area contributed by atoms with Gasteiger partial charge in [-0.05, 0) is 49.1 Å². The van der Waals surface area contributed by atoms with Crippen molar-refractivity contribution >= 4 is 11.9 Å². The smallest absolute Gasteiger partial charge is 0.454 e. The first-order valence-electron chi connectivity index (χ1n) is 6.94. The average Bonchev–Trinajstić information content (AvgIpc) is 2.82. The van der Waals surface area contributed by atoms with E-state index in [-0.39, 0.29) is 29.9 Å². The zero-order valence-corrected chi connectivity index (χ0v) is 12.3. The first kappa shape index (κ1) is 16.9. The molecule has 0 bridgehead atoms. The van der Waals surface area contributed by atoms with E-state index >= 15 is 0 Å². The Balaban J connectivity index is 2.33. The van der Waals surface area contributed by atoms with Crippen LogP contribution in [0.25, 0.3) is 6.08 Å². The van der Waals surface area contributed by atoms with Gasteiger partial charge in [0.2, 0.25) is 0 Å². The second-order valence-electron chi connectivity index (χ2n) is 4.98. The van der Waals surface area contributed by atoms with E-state index in [4.69, 9.17) is 4.74 Å². The minimum absolute atomic E-state index is 0.0619. The van der Waals surface area contributed by atoms with Gasteiger partial charge in [-0.1, -0.05) is 6.07 Å². The Morgan fingerprint density at radius 2 is 2.00 bits per heavy atom. The third-order valence-electron chi connectivity index (χ3n) is 3.39. The van der Waals surface area contributed by atoms with E-state index in [1.807, 2.05) is 0 Å². The molecule has 1 aromatic rings. The third kappa shape index (κ3) is 3.67. The number of phenolic OH excluding ortho intramolecular Hbond substituents is 1. The van der Waals surface area contributed by atoms with Crippen LogP contribution >= 0.6 is 0 Å². The van der Waals surface area contributed by atoms with Gasteiger partial charge in [0.05, 0.1) is 6.61 Å². The fraction of sp³-hybridized carbons (Fsp3) is 0.312. The van der Waals surface area contributed by atoms with E-state index in [9.17, 15) is 28.2 Å². The van der Waals surface area contributed by atoms with Gasteiger partial charge in [-0.25, -0.2) is 0 Å². The summed E-state index contributed by atoms with van der Waals surface area (Å²) in [6, 6.07) is 4.42. The summed E-state index contributed by atoms with van der Waals surface area (Å²) in [6.45, 7) is 2.08. The number of aliphatic hydroxyl groups excluding tert-OH is 1. The lowest BCUT2D eigenvalue weighted by Crippen LogP contribution is -2.24. The van der Waals surface area contributed by atoms with E-state index in [2.05, 4.69) is 0 Å². The number of halogens is 3. The van der Waals surface area contributed by atoms with Crippen molar-refractivity contribution in [3.8, 4) is 11.5 Å². The molecule has 4 nitrogen and oxygen atoms in total. The van der Waals surface area contributed by atoms with Crippen LogP contribution in [0.15, 0.2) is 35.1 Å². The Bertz CT molecular complexity index is 687. The van der Waals surface area contributed by atoms with E-state index in [1.54, 1.807) is 6.92 Å². The third-order valence-corrected chi connectivity index (χ3v) is 3.39. The molecule has 0 saturated carbocycles. The van der Waals surface area contributed by atoms with E-state index in [0.29, 0.717) is 12.2 Å². The summed E-state index contributed by atoms with van der Waals surface area (Å²) in [7, 11) is 0. The van der Waals surface area contributed by atoms with Gasteiger partial charge in [-0.2, -0.15) is 13.2 Å². The van der Waals surface area contributed by atoms with Gasteiger partial charge in [-0.15, -0.1) is 0 Å². The standard InChI is InChI=1S/C16H15F3O4/c1-2-23-13-8-9(3-6-12(13)20)7-10-4-5-11(14(10)21)15(22)16(17,18)19/h3,6-8,20-21H,2,4-5H2,1H3/b10-7+. The normalized spacial score (nSPS) is 17.0. The number of carbonyl (C=O) groups excluding carboxylic acids is 1. The maximum Gasteiger partial charge on any atom is 0.454 e. The molecule has 0 aromatic heterocycles. The lowest BCUT2D eigenvalue weighted by molar-refractivity contribution is -0.166. The van der Waals surface area contributed by atoms with Crippen molar-refractivity contribution in [3.05, 3.63) is 40.7 Å². The lowest BCUT2D eigenvalue weighted by Gasteiger charge is -2.07. The predicted octanol–water partition coefficient (Wildman–Crippen LogP) is 3.91. The monoisotopic (exact) mass is 328 g/mol. The topological polar surface area (TPSA) is 66.8 Å². The zero-order valence-electron chi connectivity index (χ0n) is 12.3. The molecule has 2 N–H and O–H groups in total. The fourth-order valence-corrected chi connectivity index (χ4v) is 2.32. The van der Waals surface area contributed by atoms with Crippen molar-refractivity contribution in [2.75, 3.05) is 6.61 Å². The first-order valence-corrected chi connectivity index (χ1v) is 6.94. The number of hydrogen-bond donors (Lipinski definition) is 2. The van der Waals surface area contributed by atoms with Gasteiger partial charge in [-0.3, -0.25) is 4.79 Å². The molecule has 124 valence electrons. The number of phenols is 1. The van der Waals surface area contributed by atoms with Crippen molar-refractivity contribution in [1.29, 1.82) is 0 Å². The van der Waals surface area contributed by atoms with E-state index in [0.717, 1.165) is 0 Å². The highest BCUT2D eigenvalue weighted by atomic mass is 19.4. The number of rotatable bonds is 4. The Morgan fingerprint density at radius 1 is 1.30 bits per heavy atom. The Labute approximate surface area is 130 Å². The quantitative estimate of drug-likeness (QED) is 0.879. The highest BCUT2D eigenvalue weighted by Gasteiger charge is 2.43. The van der Waals surface area contributed by atoms with Gasteiger partial charge in [0.1, 0.15) is 5.76 Å². The summed E-state index contributed by atoms with van der Waals surface area (Å²) >= 11 is 0. The summed E-state index contributed by atoms with van der Waals surface area (Å²) in [5.74, 6) is -2.47. The van der Waals surface area contributed by atoms with Crippen molar-refractivity contribution in [2.45, 2.75) is 25.9 Å². The zero-order chi connectivity index (χ0) is 17.2. The molecule has 0 radical (unpaired) electrons. The number of hydrogen-bond acceptors (Lipinski definition) is 4. The Kier molecular flexibility index (Phi) is 4.68. The molecular weight excluding hydrogens is 313 g/mol. The largest absolute Gasteiger partial charge is 0.507 e. The van der Waals surface area contributed by atoms with Crippen LogP contribution in [-0.2, 0) is 4.79 Å². The second kappa shape index (κ2) is 6.36. The number of alkyl halides is 3. The molecule has 0 aliphatic heterocycles. The highest BCUT2D eigenvalue weighted by Crippen LogP contribution is 2.36. The minimum atomic E-state index is -5.00. The highest BCUT2D eigenvalue weighted by molar-refractivity contribution is 6.01. The molecule has 0 unspecified atom stereocenters. The van der Waals surface area contributed by atoms with Crippen LogP contribution in [0.5, 0.6) is 11.5 Å². The van der Waals surface area contributed by atoms with Crippen LogP contribution in [-0.4, -0.2) is 28.8 Å². The number of allylic oxidation sites excluding steroid dienone is 2. The van der Waals surface area contributed by atoms with Gasteiger partial charge < -0.3 is 14.9 Å². The number of aliphatic hydroxyl groups is 1. The van der Waals surface area contributed by atoms with Crippen LogP contribution in [0, 0.1) is 0 Å². The van der Waals surface area contributed by atoms with Crippen molar-refractivity contribution in [3.63, 3.8) is 0 Å². The fourth-order valence-electron chi connectivity index (χ4n) is 2.32. The predicted molar refractivity (Wildman–Crippen MR) is 77.2 cm³/mol. The Morgan fingerprint density at radius 3 is 2.61 bits per heavy atom. The molecule has 1 aliphatic carbocycles. The lowest BCUT2D eigenvalue weighted by atomic mass is 10.1. The molecule has 0 spiro atoms. The number of Topliss-reactive ketones (excluding diaryl/α,β-unsaturated/α-hetero) is 1. The van der Waals surface area contributed by atoms with E-state index < -0.39 is 23.3 Å². The van der Waals surface area contributed by atoms with Crippen LogP contribution in [0.1, 0.15) is 25.3 Å². The number of aromatic hydroxyl groups is 1. The molecular formula is C16H15F3O4. The number of ether oxygens (including phenoxy) is 1. The molecule has 1 aliphatic rings. The van der Waals surface area contributed by atoms with Gasteiger partial charge >= 0.3 is 6.18 Å². The molecule has 7 heteroatoms. The molecule has 0 atom stereocenters. The van der Waals surface area contributed by atoms with Crippen LogP contribution < -0.4 is 4.74 Å². The number of carbonyl (C=O) groups is 1. The van der Waals surface area contributed by atoms with Crippen molar-refractivity contribution in [2.24, 2.45) is 0 Å². The summed E-state index contributed by atoms with van der Waals surface area (Å²) in [6.07, 6.45) is -3.56. The minimum Gasteiger partial charge on any atom is -0.507 e. The molecule has 0 saturated heterocycles. The summed E-state index contributed by atoms with van der Waals surface area (Å²) in [5, 5.41) is 19.5. The SMILES string of the molecule is CCOc1cc(/C=C2\CCC(C(=O)C(F)(F)F)=C2O)ccc1O. The molecule has 0 fully saturated rings. The van der Waals surface area contributed by atoms with Crippen molar-refractivity contribution < 1.29 is 32.9 Å². The maximum absolute atomic E-state index is 12.5. The molecule has 1 aromatic carbocycles. The van der Waals surface area contributed by atoms with Crippen molar-refractivity contribution in [1.82, 2.24) is 0 Å². The van der Waals surface area contributed by atoms with Gasteiger partial charge in [0.15, 0.2) is 11.5 Å². The average molecular weight is 328 g/mol. The van der Waals surface area contributed by atoms with Crippen LogP contribution in [0.4, 0.5) is 13.2 Å². The maximum atomic E-state index is 12.5. The van der Waals surface area contributed by atoms with Crippen LogP contribution in [0.3, 0.4) is 0 Å². The summed E-state index contributed by atoms with van der Waals surface area (Å²) < 4.78 is 42.6. The van der Waals surface area contributed by atoms with Gasteiger partial charge in [0.25, 0.3) is 5.78 Å². The number of benzene rings is 1. The number of ketones is 1. The summed E-state index contributed by atoms with van der Waals surface area (Å²) in [4.78, 5) is 11.2. The Hall–Kier alpha value is -2.44. The van der Waals surface area contributed by atoms with Gasteiger partial charge in [0, 0.05) is 5.57 Å². The second-order valence-corrected chi connectivity index (χ2v) is 4.98. The van der Waals surface area contributed by atoms with E-state index in [1.165, 1.54) is 24.3 Å². The first-order chi connectivity index (χ1) is 10.7. The van der Waals surface area contributed by atoms with Crippen LogP contribution in [0.2, 0.25) is 0 Å². The molecule has 2 rings (SSSR count). The molecule has 0 heterocycles. The molecule has 0 amide bonds.